The number of ether oxygens (including phenoxy) is 2. The van der Waals surface area contributed by atoms with Crippen LogP contribution in [0.3, 0.4) is 0 Å². The Morgan fingerprint density at radius 3 is 2.14 bits per heavy atom. The van der Waals surface area contributed by atoms with Gasteiger partial charge in [0, 0.05) is 0 Å². The van der Waals surface area contributed by atoms with Crippen molar-refractivity contribution in [1.82, 2.24) is 5.32 Å². The number of esters is 1. The Morgan fingerprint density at radius 1 is 1.05 bits per heavy atom. The van der Waals surface area contributed by atoms with Gasteiger partial charge in [-0.3, -0.25) is 0 Å². The van der Waals surface area contributed by atoms with E-state index in [1.807, 2.05) is 30.3 Å². The lowest BCUT2D eigenvalue weighted by atomic mass is 10.1. The van der Waals surface area contributed by atoms with Gasteiger partial charge in [-0.05, 0) is 40.2 Å². The molecule has 0 heterocycles. The van der Waals surface area contributed by atoms with Gasteiger partial charge in [0.15, 0.2) is 0 Å². The maximum atomic E-state index is 12.0. The summed E-state index contributed by atoms with van der Waals surface area (Å²) < 4.78 is 10.3. The van der Waals surface area contributed by atoms with E-state index in [2.05, 4.69) is 5.32 Å². The molecule has 0 spiro atoms. The average molecular weight is 293 g/mol. The van der Waals surface area contributed by atoms with Gasteiger partial charge in [0.1, 0.15) is 17.7 Å². The number of rotatable bonds is 4. The van der Waals surface area contributed by atoms with E-state index < -0.39 is 23.2 Å². The van der Waals surface area contributed by atoms with Crippen LogP contribution in [0, 0.1) is 0 Å². The van der Waals surface area contributed by atoms with Gasteiger partial charge in [-0.15, -0.1) is 0 Å². The summed E-state index contributed by atoms with van der Waals surface area (Å²) in [7, 11) is 0. The van der Waals surface area contributed by atoms with Crippen molar-refractivity contribution in [2.24, 2.45) is 0 Å². The van der Waals surface area contributed by atoms with Gasteiger partial charge in [-0.1, -0.05) is 30.3 Å². The van der Waals surface area contributed by atoms with Gasteiger partial charge < -0.3 is 14.8 Å². The van der Waals surface area contributed by atoms with E-state index in [1.165, 1.54) is 0 Å². The van der Waals surface area contributed by atoms with E-state index in [9.17, 15) is 9.59 Å². The zero-order valence-corrected chi connectivity index (χ0v) is 13.2. The molecule has 0 unspecified atom stereocenters. The monoisotopic (exact) mass is 293 g/mol. The molecule has 0 aliphatic carbocycles. The van der Waals surface area contributed by atoms with E-state index in [1.54, 1.807) is 34.6 Å². The summed E-state index contributed by atoms with van der Waals surface area (Å²) in [5, 5.41) is 2.51. The van der Waals surface area contributed by atoms with Crippen molar-refractivity contribution in [2.45, 2.75) is 52.4 Å². The molecule has 0 aliphatic heterocycles. The van der Waals surface area contributed by atoms with Crippen molar-refractivity contribution in [3.8, 4) is 0 Å². The van der Waals surface area contributed by atoms with Crippen molar-refractivity contribution in [2.75, 3.05) is 0 Å². The minimum absolute atomic E-state index is 0.166. The number of hydrogen-bond donors (Lipinski definition) is 1. The number of amides is 1. The highest BCUT2D eigenvalue weighted by atomic mass is 16.6. The molecule has 0 aliphatic rings. The van der Waals surface area contributed by atoms with E-state index >= 15 is 0 Å². The topological polar surface area (TPSA) is 64.6 Å². The van der Waals surface area contributed by atoms with Crippen LogP contribution in [-0.4, -0.2) is 23.2 Å². The zero-order chi connectivity index (χ0) is 16.1. The second-order valence-electron chi connectivity index (χ2n) is 6.31. The van der Waals surface area contributed by atoms with Crippen LogP contribution in [0.15, 0.2) is 30.3 Å². The second kappa shape index (κ2) is 6.61. The molecule has 1 N–H and O–H groups in total. The quantitative estimate of drug-likeness (QED) is 0.867. The first kappa shape index (κ1) is 17.0. The molecule has 1 aromatic rings. The average Bonchev–Trinajstić information content (AvgIpc) is 2.34. The van der Waals surface area contributed by atoms with Gasteiger partial charge in [-0.25, -0.2) is 9.59 Å². The lowest BCUT2D eigenvalue weighted by molar-refractivity contribution is -0.151. The molecule has 0 saturated heterocycles. The summed E-state index contributed by atoms with van der Waals surface area (Å²) in [6, 6.07) is 9.35. The van der Waals surface area contributed by atoms with Crippen LogP contribution in [0.5, 0.6) is 0 Å². The molecule has 5 nitrogen and oxygen atoms in total. The molecule has 21 heavy (non-hydrogen) atoms. The summed E-state index contributed by atoms with van der Waals surface area (Å²) in [5.74, 6) is -0.516. The largest absolute Gasteiger partial charge is 0.459 e. The Morgan fingerprint density at radius 2 is 1.62 bits per heavy atom. The van der Waals surface area contributed by atoms with Gasteiger partial charge in [0.2, 0.25) is 0 Å². The molecule has 0 fully saturated rings. The molecule has 1 aromatic carbocycles. The Kier molecular flexibility index (Phi) is 5.35. The van der Waals surface area contributed by atoms with Crippen LogP contribution in [0.1, 0.15) is 40.2 Å². The fourth-order valence-electron chi connectivity index (χ4n) is 1.51. The fourth-order valence-corrected chi connectivity index (χ4v) is 1.51. The maximum Gasteiger partial charge on any atom is 0.408 e. The summed E-state index contributed by atoms with van der Waals surface area (Å²) in [4.78, 5) is 23.8. The molecule has 0 saturated carbocycles. The van der Waals surface area contributed by atoms with Gasteiger partial charge in [0.25, 0.3) is 0 Å². The minimum atomic E-state index is -1.16. The first-order valence-electron chi connectivity index (χ1n) is 6.82. The van der Waals surface area contributed by atoms with Gasteiger partial charge in [0.05, 0.1) is 0 Å². The van der Waals surface area contributed by atoms with Gasteiger partial charge >= 0.3 is 12.1 Å². The van der Waals surface area contributed by atoms with Crippen LogP contribution < -0.4 is 5.32 Å². The Labute approximate surface area is 125 Å². The SMILES string of the molecule is CC(C)(C)OC(=O)NC(C)(C)C(=O)OCc1ccccc1. The highest BCUT2D eigenvalue weighted by molar-refractivity contribution is 5.84. The van der Waals surface area contributed by atoms with Crippen LogP contribution in [-0.2, 0) is 20.9 Å². The van der Waals surface area contributed by atoms with Crippen molar-refractivity contribution in [3.63, 3.8) is 0 Å². The maximum absolute atomic E-state index is 12.0. The predicted octanol–water partition coefficient (Wildman–Crippen LogP) is 3.03. The third kappa shape index (κ3) is 6.29. The Balaban J connectivity index is 2.53. The number of alkyl carbamates (subject to hydrolysis) is 1. The summed E-state index contributed by atoms with van der Waals surface area (Å²) in [6.07, 6.45) is -0.649. The number of carbonyl (C=O) groups is 2. The molecule has 0 bridgehead atoms. The lowest BCUT2D eigenvalue weighted by Gasteiger charge is -2.27. The molecule has 0 radical (unpaired) electrons. The minimum Gasteiger partial charge on any atom is -0.459 e. The number of carbonyl (C=O) groups excluding carboxylic acids is 2. The van der Waals surface area contributed by atoms with Crippen LogP contribution in [0.2, 0.25) is 0 Å². The molecule has 0 atom stereocenters. The van der Waals surface area contributed by atoms with Crippen molar-refractivity contribution in [1.29, 1.82) is 0 Å². The van der Waals surface area contributed by atoms with Gasteiger partial charge in [-0.2, -0.15) is 0 Å². The third-order valence-corrected chi connectivity index (χ3v) is 2.54. The normalized spacial score (nSPS) is 11.7. The molecule has 1 rings (SSSR count). The van der Waals surface area contributed by atoms with E-state index in [4.69, 9.17) is 9.47 Å². The van der Waals surface area contributed by atoms with Crippen LogP contribution in [0.25, 0.3) is 0 Å². The second-order valence-corrected chi connectivity index (χ2v) is 6.31. The van der Waals surface area contributed by atoms with Crippen LogP contribution >= 0.6 is 0 Å². The highest BCUT2D eigenvalue weighted by Gasteiger charge is 2.33. The summed E-state index contributed by atoms with van der Waals surface area (Å²) in [5.41, 5.74) is -0.885. The number of benzene rings is 1. The lowest BCUT2D eigenvalue weighted by Crippen LogP contribution is -2.51. The summed E-state index contributed by atoms with van der Waals surface area (Å²) in [6.45, 7) is 8.58. The van der Waals surface area contributed by atoms with Crippen LogP contribution in [0.4, 0.5) is 4.79 Å². The number of nitrogens with one attached hydrogen (secondary N) is 1. The number of hydrogen-bond acceptors (Lipinski definition) is 4. The first-order chi connectivity index (χ1) is 9.60. The highest BCUT2D eigenvalue weighted by Crippen LogP contribution is 2.12. The standard InChI is InChI=1S/C16H23NO4/c1-15(2,3)21-14(19)17-16(4,5)13(18)20-11-12-9-7-6-8-10-12/h6-10H,11H2,1-5H3,(H,17,19). The summed E-state index contributed by atoms with van der Waals surface area (Å²) >= 11 is 0. The molecule has 0 aromatic heterocycles. The molecule has 116 valence electrons. The fraction of sp³-hybridized carbons (Fsp3) is 0.500. The van der Waals surface area contributed by atoms with Crippen molar-refractivity contribution < 1.29 is 19.1 Å². The van der Waals surface area contributed by atoms with E-state index in [-0.39, 0.29) is 6.61 Å². The first-order valence-corrected chi connectivity index (χ1v) is 6.82. The smallest absolute Gasteiger partial charge is 0.408 e. The zero-order valence-electron chi connectivity index (χ0n) is 13.2. The molecule has 5 heteroatoms. The Bertz CT molecular complexity index is 489. The van der Waals surface area contributed by atoms with Crippen molar-refractivity contribution in [3.05, 3.63) is 35.9 Å². The van der Waals surface area contributed by atoms with E-state index in [0.29, 0.717) is 0 Å². The predicted molar refractivity (Wildman–Crippen MR) is 79.7 cm³/mol. The van der Waals surface area contributed by atoms with E-state index in [0.717, 1.165) is 5.56 Å². The molecular formula is C16H23NO4. The molecular weight excluding hydrogens is 270 g/mol. The van der Waals surface area contributed by atoms with Crippen molar-refractivity contribution >= 4 is 12.1 Å². The molecule has 1 amide bonds. The third-order valence-electron chi connectivity index (χ3n) is 2.54. The Hall–Kier alpha value is -2.04.